The molecule has 19 aromatic rings. The lowest BCUT2D eigenvalue weighted by atomic mass is 9.86. The molecule has 0 N–H and O–H groups in total. The molecule has 13 aromatic carbocycles. The summed E-state index contributed by atoms with van der Waals surface area (Å²) in [5, 5.41) is 0. The summed E-state index contributed by atoms with van der Waals surface area (Å²) in [6.07, 6.45) is 12.0. The van der Waals surface area contributed by atoms with Crippen molar-refractivity contribution >= 4 is 63.7 Å². The van der Waals surface area contributed by atoms with Crippen molar-refractivity contribution in [2.45, 2.75) is 0 Å². The fraction of sp³-hybridized carbons (Fsp3) is 0. The van der Waals surface area contributed by atoms with E-state index in [0.29, 0.717) is 0 Å². The lowest BCUT2D eigenvalue weighted by Gasteiger charge is -2.18. The molecular weight excluding hydrogens is 1700 g/mol. The van der Waals surface area contributed by atoms with Gasteiger partial charge in [-0.3, -0.25) is 29.9 Å². The highest BCUT2D eigenvalue weighted by Crippen LogP contribution is 2.46. The topological polar surface area (TPSA) is 77.3 Å². The zero-order chi connectivity index (χ0) is 79.4. The van der Waals surface area contributed by atoms with Crippen molar-refractivity contribution in [2.24, 2.45) is 0 Å². The number of nitrogens with zero attached hydrogens (tertiary/aromatic N) is 6. The van der Waals surface area contributed by atoms with E-state index in [9.17, 15) is 0 Å². The van der Waals surface area contributed by atoms with Gasteiger partial charge in [-0.2, -0.15) is 0 Å². The van der Waals surface area contributed by atoms with Crippen LogP contribution in [-0.4, -0.2) is 29.9 Å². The molecule has 0 radical (unpaired) electrons. The second kappa shape index (κ2) is 33.5. The Morgan fingerprint density at radius 3 is 0.424 bits per heavy atom. The Morgan fingerprint density at radius 1 is 0.119 bits per heavy atom. The van der Waals surface area contributed by atoms with Gasteiger partial charge in [0, 0.05) is 122 Å². The first-order chi connectivity index (χ1) is 58.1. The fourth-order valence-corrected chi connectivity index (χ4v) is 17.5. The molecule has 0 saturated heterocycles. The first-order valence-electron chi connectivity index (χ1n) is 38.9. The molecule has 19 rings (SSSR count). The van der Waals surface area contributed by atoms with Gasteiger partial charge in [-0.25, -0.2) is 0 Å². The molecule has 0 bridgehead atoms. The molecular formula is C108H68Br4N6. The van der Waals surface area contributed by atoms with E-state index in [1.165, 1.54) is 0 Å². The number of halogens is 4. The molecule has 0 aliphatic heterocycles. The molecule has 118 heavy (non-hydrogen) atoms. The predicted molar refractivity (Wildman–Crippen MR) is 502 cm³/mol. The van der Waals surface area contributed by atoms with E-state index in [4.69, 9.17) is 29.9 Å². The number of hydrogen-bond donors (Lipinski definition) is 0. The van der Waals surface area contributed by atoms with Gasteiger partial charge < -0.3 is 0 Å². The number of benzene rings is 13. The van der Waals surface area contributed by atoms with E-state index in [-0.39, 0.29) is 0 Å². The molecule has 0 atom stereocenters. The highest BCUT2D eigenvalue weighted by Gasteiger charge is 2.21. The van der Waals surface area contributed by atoms with Gasteiger partial charge in [0.05, 0.1) is 34.2 Å². The quantitative estimate of drug-likeness (QED) is 0.0852. The van der Waals surface area contributed by atoms with Crippen LogP contribution in [0.15, 0.2) is 431 Å². The molecule has 0 amide bonds. The number of aromatic nitrogens is 6. The van der Waals surface area contributed by atoms with Crippen LogP contribution in [0.2, 0.25) is 0 Å². The van der Waals surface area contributed by atoms with Gasteiger partial charge in [0.1, 0.15) is 0 Å². The first-order valence-corrected chi connectivity index (χ1v) is 42.0. The van der Waals surface area contributed by atoms with Crippen molar-refractivity contribution in [3.05, 3.63) is 431 Å². The van der Waals surface area contributed by atoms with Crippen LogP contribution < -0.4 is 0 Å². The van der Waals surface area contributed by atoms with Crippen molar-refractivity contribution in [3.63, 3.8) is 0 Å². The van der Waals surface area contributed by atoms with Gasteiger partial charge in [-0.1, -0.05) is 319 Å². The minimum atomic E-state index is 0.869. The molecule has 0 aliphatic rings. The van der Waals surface area contributed by atoms with E-state index in [2.05, 4.69) is 391 Å². The number of rotatable bonds is 18. The van der Waals surface area contributed by atoms with Gasteiger partial charge in [0.15, 0.2) is 0 Å². The van der Waals surface area contributed by atoms with Gasteiger partial charge in [-0.05, 0) is 221 Å². The van der Waals surface area contributed by atoms with Crippen LogP contribution in [0.1, 0.15) is 0 Å². The average molecular weight is 1770 g/mol. The molecule has 6 aromatic heterocycles. The summed E-state index contributed by atoms with van der Waals surface area (Å²) in [5.74, 6) is 0. The maximum Gasteiger partial charge on any atom is 0.0702 e. The smallest absolute Gasteiger partial charge is 0.0702 e. The third-order valence-electron chi connectivity index (χ3n) is 21.7. The zero-order valence-electron chi connectivity index (χ0n) is 63.5. The molecule has 0 saturated carbocycles. The molecule has 0 spiro atoms. The summed E-state index contributed by atoms with van der Waals surface area (Å²) in [7, 11) is 0. The second-order valence-corrected chi connectivity index (χ2v) is 32.7. The SMILES string of the molecule is Brc1cccc(-c2ccc(-c3ccccc3-c3cc(-c4ccccc4-c4ccc(-c5ccc(-c6ccc(-c7ccccc7-c7cc(-c8ccccc8-c8ccc(-c9cccc(Br)c9)nc8)cc(-c8ccccc8-c8ccc(-c9cccc(Br)c9)nc8)c7)cn6)cc5)nc4)cc(-c4ccccc4-c4ccc(-c5cccc(Br)c5)nc4)c3)cn2)c1. The number of pyridine rings is 6. The Bertz CT molecular complexity index is 6210. The minimum Gasteiger partial charge on any atom is -0.256 e. The van der Waals surface area contributed by atoms with Crippen molar-refractivity contribution in [1.29, 1.82) is 0 Å². The minimum absolute atomic E-state index is 0.869. The van der Waals surface area contributed by atoms with Gasteiger partial charge >= 0.3 is 0 Å². The van der Waals surface area contributed by atoms with Crippen LogP contribution in [0.5, 0.6) is 0 Å². The first kappa shape index (κ1) is 74.8. The van der Waals surface area contributed by atoms with Crippen molar-refractivity contribution in [2.75, 3.05) is 0 Å². The molecule has 0 unspecified atom stereocenters. The van der Waals surface area contributed by atoms with E-state index in [1.54, 1.807) is 0 Å². The van der Waals surface area contributed by atoms with Crippen molar-refractivity contribution in [1.82, 2.24) is 29.9 Å². The van der Waals surface area contributed by atoms with Crippen LogP contribution in [0.3, 0.4) is 0 Å². The van der Waals surface area contributed by atoms with Gasteiger partial charge in [-0.15, -0.1) is 0 Å². The standard InChI is InChI=1S/C108H68Br4N6/c109-87-21-13-17-71(59-87)105-49-43-77(65-115-105)93-27-3-9-33-99(93)83-53-81(54-84(57-83)100-34-10-4-28-94(100)78-44-50-106(116-66-78)72-18-14-22-88(110)60-72)97-31-7-1-25-91(97)75-41-47-103(113-63-75)69-37-39-70(40-38-69)104-48-42-76(64-114-104)92-26-2-8-32-98(92)82-55-85(101-35-11-5-29-95(101)79-45-51-107(117-67-79)73-19-15-23-89(111)61-73)58-86(56-82)102-36-12-6-30-96(102)80-46-52-108(118-68-80)74-20-16-24-90(112)62-74/h1-68H. The highest BCUT2D eigenvalue weighted by molar-refractivity contribution is 9.11. The maximum atomic E-state index is 5.19. The number of hydrogen-bond acceptors (Lipinski definition) is 6. The van der Waals surface area contributed by atoms with E-state index >= 15 is 0 Å². The summed E-state index contributed by atoms with van der Waals surface area (Å²) >= 11 is 14.6. The summed E-state index contributed by atoms with van der Waals surface area (Å²) < 4.78 is 4.05. The third-order valence-corrected chi connectivity index (χ3v) is 23.7. The van der Waals surface area contributed by atoms with Crippen molar-refractivity contribution < 1.29 is 0 Å². The lowest BCUT2D eigenvalue weighted by Crippen LogP contribution is -1.93. The van der Waals surface area contributed by atoms with Crippen LogP contribution in [0.25, 0.3) is 201 Å². The fourth-order valence-electron chi connectivity index (χ4n) is 15.9. The summed E-state index contributed by atoms with van der Waals surface area (Å²) in [6.45, 7) is 0. The van der Waals surface area contributed by atoms with Crippen LogP contribution >= 0.6 is 63.7 Å². The lowest BCUT2D eigenvalue weighted by molar-refractivity contribution is 1.31. The Morgan fingerprint density at radius 2 is 0.271 bits per heavy atom. The summed E-state index contributed by atoms with van der Waals surface area (Å²) in [4.78, 5) is 30.4. The molecule has 0 aliphatic carbocycles. The molecule has 6 heterocycles. The van der Waals surface area contributed by atoms with Crippen LogP contribution in [-0.2, 0) is 0 Å². The Labute approximate surface area is 719 Å². The second-order valence-electron chi connectivity index (χ2n) is 29.1. The van der Waals surface area contributed by atoms with Crippen LogP contribution in [0, 0.1) is 0 Å². The Kier molecular flexibility index (Phi) is 21.2. The van der Waals surface area contributed by atoms with Gasteiger partial charge in [0.2, 0.25) is 0 Å². The maximum absolute atomic E-state index is 5.19. The Hall–Kier alpha value is -13.3. The summed E-state index contributed by atoms with van der Waals surface area (Å²) in [5.41, 5.74) is 37.2. The Balaban J connectivity index is 0.628. The van der Waals surface area contributed by atoms with E-state index in [1.807, 2.05) is 85.7 Å². The molecule has 0 fully saturated rings. The normalized spacial score (nSPS) is 11.2. The monoisotopic (exact) mass is 1760 g/mol. The predicted octanol–water partition coefficient (Wildman–Crippen LogP) is 31.1. The molecule has 558 valence electrons. The molecule has 6 nitrogen and oxygen atoms in total. The van der Waals surface area contributed by atoms with E-state index < -0.39 is 0 Å². The average Bonchev–Trinajstić information content (AvgIpc) is 0.770. The largest absolute Gasteiger partial charge is 0.256 e. The van der Waals surface area contributed by atoms with E-state index in [0.717, 1.165) is 219 Å². The van der Waals surface area contributed by atoms with Crippen molar-refractivity contribution in [3.8, 4) is 201 Å². The highest BCUT2D eigenvalue weighted by atomic mass is 79.9. The zero-order valence-corrected chi connectivity index (χ0v) is 69.8. The molecule has 10 heteroatoms. The third kappa shape index (κ3) is 15.9. The van der Waals surface area contributed by atoms with Crippen LogP contribution in [0.4, 0.5) is 0 Å². The summed E-state index contributed by atoms with van der Waals surface area (Å²) in [6, 6.07) is 133. The van der Waals surface area contributed by atoms with Gasteiger partial charge in [0.25, 0.3) is 0 Å².